The zero-order valence-electron chi connectivity index (χ0n) is 17.0. The van der Waals surface area contributed by atoms with Crippen LogP contribution < -0.4 is 0 Å². The van der Waals surface area contributed by atoms with Gasteiger partial charge >= 0.3 is 24.3 Å². The second-order valence-electron chi connectivity index (χ2n) is 6.89. The van der Waals surface area contributed by atoms with E-state index in [1.807, 2.05) is 35.5 Å². The fraction of sp³-hybridized carbons (Fsp3) is 0.474. The van der Waals surface area contributed by atoms with Crippen LogP contribution in [0.4, 0.5) is 26.3 Å². The number of hydrogen-bond donors (Lipinski definition) is 2. The Morgan fingerprint density at radius 1 is 1.06 bits per heavy atom. The van der Waals surface area contributed by atoms with Crippen LogP contribution in [-0.2, 0) is 20.9 Å². The average molecular weight is 485 g/mol. The van der Waals surface area contributed by atoms with Crippen molar-refractivity contribution in [3.8, 4) is 0 Å². The van der Waals surface area contributed by atoms with Crippen molar-refractivity contribution in [3.05, 3.63) is 42.7 Å². The third kappa shape index (κ3) is 8.71. The molecule has 2 saturated heterocycles. The van der Waals surface area contributed by atoms with Gasteiger partial charge in [0.15, 0.2) is 0 Å². The quantitative estimate of drug-likeness (QED) is 0.498. The van der Waals surface area contributed by atoms with Gasteiger partial charge in [-0.05, 0) is 24.1 Å². The van der Waals surface area contributed by atoms with E-state index in [2.05, 4.69) is 16.5 Å². The molecule has 2 aliphatic rings. The molecule has 3 heterocycles. The van der Waals surface area contributed by atoms with E-state index in [-0.39, 0.29) is 5.91 Å². The van der Waals surface area contributed by atoms with Crippen LogP contribution in [0.2, 0.25) is 0 Å². The molecule has 33 heavy (non-hydrogen) atoms. The van der Waals surface area contributed by atoms with Crippen molar-refractivity contribution in [2.45, 2.75) is 43.8 Å². The predicted octanol–water partition coefficient (Wildman–Crippen LogP) is 2.71. The largest absolute Gasteiger partial charge is 0.490 e. The van der Waals surface area contributed by atoms with Crippen molar-refractivity contribution in [1.29, 1.82) is 0 Å². The minimum Gasteiger partial charge on any atom is -0.475 e. The Labute approximate surface area is 184 Å². The van der Waals surface area contributed by atoms with E-state index in [0.717, 1.165) is 19.5 Å². The highest BCUT2D eigenvalue weighted by Gasteiger charge is 2.45. The van der Waals surface area contributed by atoms with E-state index in [9.17, 15) is 31.1 Å². The number of rotatable bonds is 4. The number of halogens is 6. The molecule has 1 aromatic heterocycles. The maximum Gasteiger partial charge on any atom is 0.490 e. The number of carbonyl (C=O) groups excluding carboxylic acids is 1. The predicted molar refractivity (Wildman–Crippen MR) is 101 cm³/mol. The molecule has 0 bridgehead atoms. The Morgan fingerprint density at radius 3 is 1.97 bits per heavy atom. The van der Waals surface area contributed by atoms with E-state index in [1.165, 1.54) is 5.56 Å². The van der Waals surface area contributed by atoms with Crippen LogP contribution in [0.1, 0.15) is 18.4 Å². The van der Waals surface area contributed by atoms with Crippen LogP contribution in [0.5, 0.6) is 0 Å². The molecule has 1 aromatic rings. The van der Waals surface area contributed by atoms with Gasteiger partial charge in [0.2, 0.25) is 5.91 Å². The Balaban J connectivity index is 0.000000324. The molecule has 2 fully saturated rings. The first-order chi connectivity index (χ1) is 15.2. The molecular weight excluding hydrogens is 464 g/mol. The molecule has 2 atom stereocenters. The highest BCUT2D eigenvalue weighted by Crippen LogP contribution is 2.33. The first-order valence-electron chi connectivity index (χ1n) is 9.32. The minimum absolute atomic E-state index is 0.273. The van der Waals surface area contributed by atoms with Gasteiger partial charge in [0.1, 0.15) is 0 Å². The van der Waals surface area contributed by atoms with Crippen LogP contribution in [0.15, 0.2) is 37.2 Å². The molecule has 1 amide bonds. The summed E-state index contributed by atoms with van der Waals surface area (Å²) in [5.74, 6) is -5.24. The van der Waals surface area contributed by atoms with E-state index in [0.29, 0.717) is 25.0 Å². The van der Waals surface area contributed by atoms with Gasteiger partial charge in [-0.3, -0.25) is 14.7 Å². The summed E-state index contributed by atoms with van der Waals surface area (Å²) < 4.78 is 63.5. The van der Waals surface area contributed by atoms with Crippen LogP contribution >= 0.6 is 0 Å². The first kappa shape index (κ1) is 27.9. The van der Waals surface area contributed by atoms with Crippen molar-refractivity contribution in [1.82, 2.24) is 14.8 Å². The van der Waals surface area contributed by atoms with E-state index in [1.54, 1.807) is 0 Å². The van der Waals surface area contributed by atoms with Crippen molar-refractivity contribution < 1.29 is 50.9 Å². The second kappa shape index (κ2) is 11.6. The number of amides is 1. The fourth-order valence-electron chi connectivity index (χ4n) is 3.30. The molecule has 8 nitrogen and oxygen atoms in total. The fourth-order valence-corrected chi connectivity index (χ4v) is 3.30. The summed E-state index contributed by atoms with van der Waals surface area (Å²) in [7, 11) is 0. The number of carboxylic acid groups (broad SMARTS) is 2. The van der Waals surface area contributed by atoms with Gasteiger partial charge in [0, 0.05) is 50.5 Å². The summed E-state index contributed by atoms with van der Waals surface area (Å²) in [6, 6.07) is 4.85. The Bertz CT molecular complexity index is 807. The summed E-state index contributed by atoms with van der Waals surface area (Å²) in [6.07, 6.45) is -2.95. The van der Waals surface area contributed by atoms with Gasteiger partial charge in [0.05, 0.1) is 0 Å². The number of carboxylic acids is 2. The number of hydrogen-bond acceptors (Lipinski definition) is 5. The lowest BCUT2D eigenvalue weighted by atomic mass is 10.1. The first-order valence-corrected chi connectivity index (χ1v) is 9.32. The second-order valence-corrected chi connectivity index (χ2v) is 6.89. The summed E-state index contributed by atoms with van der Waals surface area (Å²) in [5, 5.41) is 14.2. The summed E-state index contributed by atoms with van der Waals surface area (Å²) in [5.41, 5.74) is 1.27. The lowest BCUT2D eigenvalue weighted by molar-refractivity contribution is -0.193. The molecule has 0 spiro atoms. The summed E-state index contributed by atoms with van der Waals surface area (Å²) in [6.45, 7) is 6.41. The molecule has 2 N–H and O–H groups in total. The number of nitrogens with zero attached hydrogens (tertiary/aromatic N) is 3. The molecule has 0 unspecified atom stereocenters. The van der Waals surface area contributed by atoms with Crippen molar-refractivity contribution in [2.24, 2.45) is 0 Å². The van der Waals surface area contributed by atoms with Crippen molar-refractivity contribution in [3.63, 3.8) is 0 Å². The van der Waals surface area contributed by atoms with Crippen LogP contribution in [0.3, 0.4) is 0 Å². The third-order valence-electron chi connectivity index (χ3n) is 4.68. The van der Waals surface area contributed by atoms with E-state index >= 15 is 0 Å². The highest BCUT2D eigenvalue weighted by atomic mass is 19.4. The molecule has 3 rings (SSSR count). The topological polar surface area (TPSA) is 111 Å². The number of alkyl halides is 6. The van der Waals surface area contributed by atoms with Crippen molar-refractivity contribution in [2.75, 3.05) is 13.1 Å². The Hall–Kier alpha value is -3.16. The molecule has 0 radical (unpaired) electrons. The van der Waals surface area contributed by atoms with Gasteiger partial charge in [-0.15, -0.1) is 6.58 Å². The van der Waals surface area contributed by atoms with Gasteiger partial charge in [-0.25, -0.2) is 9.59 Å². The molecule has 14 heteroatoms. The normalized spacial score (nSPS) is 20.2. The highest BCUT2D eigenvalue weighted by molar-refractivity contribution is 5.80. The average Bonchev–Trinajstić information content (AvgIpc) is 3.22. The van der Waals surface area contributed by atoms with Gasteiger partial charge in [0.25, 0.3) is 0 Å². The van der Waals surface area contributed by atoms with Crippen LogP contribution in [0.25, 0.3) is 0 Å². The van der Waals surface area contributed by atoms with Crippen LogP contribution in [0, 0.1) is 0 Å². The van der Waals surface area contributed by atoms with Gasteiger partial charge in [-0.1, -0.05) is 6.08 Å². The number of pyridine rings is 1. The minimum atomic E-state index is -5.08. The summed E-state index contributed by atoms with van der Waals surface area (Å²) >= 11 is 0. The lowest BCUT2D eigenvalue weighted by Crippen LogP contribution is -2.37. The standard InChI is InChI=1S/C15H19N3O.2C2HF3O2/c1-2-8-18-13-5-9-17(14(13)10-15(18)19)11-12-3-6-16-7-4-12;2*3-2(4,5)1(6)7/h2-4,6-7,13-14H,1,5,8-11H2;2*(H,6,7)/t13-,14+;;/m0../s1. The van der Waals surface area contributed by atoms with E-state index in [4.69, 9.17) is 19.8 Å². The lowest BCUT2D eigenvalue weighted by Gasteiger charge is -2.24. The number of carbonyl (C=O) groups is 3. The maximum absolute atomic E-state index is 12.0. The zero-order valence-corrected chi connectivity index (χ0v) is 17.0. The number of fused-ring (bicyclic) bond motifs is 1. The SMILES string of the molecule is C=CCN1C(=O)C[C@@H]2[C@@H]1CCN2Cc1ccncc1.O=C(O)C(F)(F)F.O=C(O)C(F)(F)F. The monoisotopic (exact) mass is 485 g/mol. The molecule has 0 aliphatic carbocycles. The number of likely N-dealkylation sites (tertiary alicyclic amines) is 2. The third-order valence-corrected chi connectivity index (χ3v) is 4.68. The Morgan fingerprint density at radius 2 is 1.55 bits per heavy atom. The van der Waals surface area contributed by atoms with Crippen molar-refractivity contribution >= 4 is 17.8 Å². The number of aromatic nitrogens is 1. The van der Waals surface area contributed by atoms with Crippen LogP contribution in [-0.4, -0.2) is 80.4 Å². The smallest absolute Gasteiger partial charge is 0.475 e. The van der Waals surface area contributed by atoms with E-state index < -0.39 is 24.3 Å². The summed E-state index contributed by atoms with van der Waals surface area (Å²) in [4.78, 5) is 38.3. The molecule has 2 aliphatic heterocycles. The zero-order chi connectivity index (χ0) is 25.4. The van der Waals surface area contributed by atoms with Gasteiger partial charge in [-0.2, -0.15) is 26.3 Å². The maximum atomic E-state index is 12.0. The molecule has 184 valence electrons. The van der Waals surface area contributed by atoms with Gasteiger partial charge < -0.3 is 15.1 Å². The molecular formula is C19H21F6N3O5. The number of aliphatic carboxylic acids is 2. The molecule has 0 aromatic carbocycles. The Kier molecular flexibility index (Phi) is 9.82. The molecule has 0 saturated carbocycles.